The number of amides is 1. The minimum absolute atomic E-state index is 0.000329. The average molecular weight is 573 g/mol. The number of likely N-dealkylation sites (N-methyl/N-ethyl adjacent to an activating group) is 1. The van der Waals surface area contributed by atoms with Crippen LogP contribution in [0.15, 0.2) is 85.5 Å². The topological polar surface area (TPSA) is 108 Å². The first-order valence-corrected chi connectivity index (χ1v) is 14.3. The molecule has 4 rings (SSSR count). The van der Waals surface area contributed by atoms with Crippen molar-refractivity contribution in [3.05, 3.63) is 108 Å². The van der Waals surface area contributed by atoms with Gasteiger partial charge in [-0.25, -0.2) is 0 Å². The summed E-state index contributed by atoms with van der Waals surface area (Å²) in [7, 11) is 2.05. The van der Waals surface area contributed by atoms with E-state index in [4.69, 9.17) is 14.6 Å². The summed E-state index contributed by atoms with van der Waals surface area (Å²) in [5, 5.41) is 21.1. The van der Waals surface area contributed by atoms with Crippen LogP contribution in [-0.4, -0.2) is 53.2 Å². The van der Waals surface area contributed by atoms with Gasteiger partial charge in [0, 0.05) is 44.5 Å². The third-order valence-corrected chi connectivity index (χ3v) is 7.27. The summed E-state index contributed by atoms with van der Waals surface area (Å²) in [6.45, 7) is 5.71. The van der Waals surface area contributed by atoms with Gasteiger partial charge < -0.3 is 29.9 Å². The fourth-order valence-corrected chi connectivity index (χ4v) is 5.09. The highest BCUT2D eigenvalue weighted by Crippen LogP contribution is 2.39. The van der Waals surface area contributed by atoms with E-state index >= 15 is 0 Å². The lowest BCUT2D eigenvalue weighted by Crippen LogP contribution is -2.37. The summed E-state index contributed by atoms with van der Waals surface area (Å²) in [6, 6.07) is 24.0. The molecule has 3 atom stereocenters. The van der Waals surface area contributed by atoms with E-state index in [1.54, 1.807) is 0 Å². The number of nitrogens with one attached hydrogen (secondary N) is 1. The molecular formula is C34H40N2O6. The van der Waals surface area contributed by atoms with Crippen molar-refractivity contribution in [3.8, 4) is 11.1 Å². The molecule has 8 nitrogen and oxygen atoms in total. The highest BCUT2D eigenvalue weighted by molar-refractivity contribution is 5.76. The fourth-order valence-electron chi connectivity index (χ4n) is 5.09. The molecule has 1 saturated heterocycles. The Labute approximate surface area is 247 Å². The second-order valence-corrected chi connectivity index (χ2v) is 10.7. The molecular weight excluding hydrogens is 532 g/mol. The monoisotopic (exact) mass is 572 g/mol. The Kier molecular flexibility index (Phi) is 11.4. The van der Waals surface area contributed by atoms with Gasteiger partial charge in [0.05, 0.1) is 18.8 Å². The molecule has 3 unspecified atom stereocenters. The molecule has 0 radical (unpaired) electrons. The molecule has 8 heteroatoms. The van der Waals surface area contributed by atoms with Gasteiger partial charge in [-0.1, -0.05) is 66.7 Å². The van der Waals surface area contributed by atoms with E-state index in [0.29, 0.717) is 19.4 Å². The van der Waals surface area contributed by atoms with Crippen molar-refractivity contribution >= 4 is 11.9 Å². The Morgan fingerprint density at radius 3 is 2.43 bits per heavy atom. The minimum atomic E-state index is -0.899. The maximum Gasteiger partial charge on any atom is 0.303 e. The van der Waals surface area contributed by atoms with Crippen LogP contribution in [0.2, 0.25) is 0 Å². The molecule has 1 aliphatic rings. The molecule has 0 spiro atoms. The molecule has 0 saturated carbocycles. The second-order valence-electron chi connectivity index (χ2n) is 10.7. The van der Waals surface area contributed by atoms with E-state index in [2.05, 4.69) is 22.9 Å². The molecule has 1 aliphatic heterocycles. The Morgan fingerprint density at radius 2 is 1.71 bits per heavy atom. The zero-order valence-corrected chi connectivity index (χ0v) is 24.1. The van der Waals surface area contributed by atoms with Gasteiger partial charge in [0.1, 0.15) is 0 Å². The zero-order chi connectivity index (χ0) is 29.9. The van der Waals surface area contributed by atoms with E-state index < -0.39 is 12.3 Å². The van der Waals surface area contributed by atoms with Crippen LogP contribution in [0.1, 0.15) is 60.3 Å². The maximum absolute atomic E-state index is 12.1. The van der Waals surface area contributed by atoms with E-state index in [-0.39, 0.29) is 37.6 Å². The molecule has 0 aromatic heterocycles. The van der Waals surface area contributed by atoms with Crippen LogP contribution in [0.4, 0.5) is 0 Å². The molecule has 1 amide bonds. The molecule has 3 aromatic rings. The first kappa shape index (κ1) is 31.1. The number of rotatable bonds is 14. The number of carbonyl (C=O) groups excluding carboxylic acids is 1. The number of nitrogens with zero attached hydrogens (tertiary/aromatic N) is 1. The van der Waals surface area contributed by atoms with Crippen LogP contribution in [0, 0.1) is 0 Å². The van der Waals surface area contributed by atoms with Crippen molar-refractivity contribution in [1.82, 2.24) is 10.2 Å². The van der Waals surface area contributed by atoms with Crippen molar-refractivity contribution in [1.29, 1.82) is 0 Å². The lowest BCUT2D eigenvalue weighted by Gasteiger charge is -2.37. The maximum atomic E-state index is 12.1. The van der Waals surface area contributed by atoms with E-state index in [0.717, 1.165) is 46.5 Å². The van der Waals surface area contributed by atoms with Gasteiger partial charge in [-0.05, 0) is 53.4 Å². The molecule has 1 fully saturated rings. The number of carboxylic acids is 1. The predicted octanol–water partition coefficient (Wildman–Crippen LogP) is 5.38. The van der Waals surface area contributed by atoms with Crippen LogP contribution in [0.5, 0.6) is 0 Å². The quantitative estimate of drug-likeness (QED) is 0.223. The summed E-state index contributed by atoms with van der Waals surface area (Å²) in [6.07, 6.45) is 2.30. The van der Waals surface area contributed by atoms with Crippen LogP contribution < -0.4 is 5.32 Å². The number of ether oxygens (including phenoxy) is 2. The SMILES string of the molecule is C=CCN(C)CC1CC(c2ccc(CO)cc2)OC(c2cccc(-c3cccc(CNC(=O)CCCC(=O)O)c3)c2)O1. The molecule has 42 heavy (non-hydrogen) atoms. The smallest absolute Gasteiger partial charge is 0.303 e. The first-order chi connectivity index (χ1) is 20.3. The largest absolute Gasteiger partial charge is 0.481 e. The summed E-state index contributed by atoms with van der Waals surface area (Å²) in [4.78, 5) is 25.0. The standard InChI is InChI=1S/C34H40N2O6/c1-3-17-36(2)22-30-20-31(26-15-13-24(23-37)14-16-26)42-34(41-30)29-10-5-9-28(19-29)27-8-4-7-25(18-27)21-35-32(38)11-6-12-33(39)40/h3-5,7-10,13-16,18-19,30-31,34,37H,1,6,11-12,17,20-23H2,2H3,(H,35,38)(H,39,40). The summed E-state index contributed by atoms with van der Waals surface area (Å²) >= 11 is 0. The average Bonchev–Trinajstić information content (AvgIpc) is 3.00. The van der Waals surface area contributed by atoms with Gasteiger partial charge >= 0.3 is 5.97 Å². The van der Waals surface area contributed by atoms with Gasteiger partial charge in [-0.3, -0.25) is 9.59 Å². The van der Waals surface area contributed by atoms with Crippen LogP contribution in [0.3, 0.4) is 0 Å². The Morgan fingerprint density at radius 1 is 0.976 bits per heavy atom. The Hall–Kier alpha value is -3.82. The molecule has 0 aliphatic carbocycles. The van der Waals surface area contributed by atoms with Crippen molar-refractivity contribution in [2.24, 2.45) is 0 Å². The fraction of sp³-hybridized carbons (Fsp3) is 0.353. The van der Waals surface area contributed by atoms with Gasteiger partial charge in [0.25, 0.3) is 0 Å². The van der Waals surface area contributed by atoms with Crippen LogP contribution in [0.25, 0.3) is 11.1 Å². The Bertz CT molecular complexity index is 1340. The second kappa shape index (κ2) is 15.4. The van der Waals surface area contributed by atoms with Crippen molar-refractivity contribution < 1.29 is 29.3 Å². The van der Waals surface area contributed by atoms with Gasteiger partial charge in [0.2, 0.25) is 5.91 Å². The summed E-state index contributed by atoms with van der Waals surface area (Å²) in [5.74, 6) is -1.06. The zero-order valence-electron chi connectivity index (χ0n) is 24.1. The summed E-state index contributed by atoms with van der Waals surface area (Å²) in [5.41, 5.74) is 5.78. The van der Waals surface area contributed by atoms with Gasteiger partial charge in [0.15, 0.2) is 6.29 Å². The van der Waals surface area contributed by atoms with Crippen molar-refractivity contribution in [3.63, 3.8) is 0 Å². The number of hydrogen-bond acceptors (Lipinski definition) is 6. The third kappa shape index (κ3) is 9.09. The van der Waals surface area contributed by atoms with Crippen molar-refractivity contribution in [2.45, 2.75) is 57.3 Å². The highest BCUT2D eigenvalue weighted by Gasteiger charge is 2.32. The number of benzene rings is 3. The molecule has 3 aromatic carbocycles. The number of aliphatic hydroxyl groups is 1. The van der Waals surface area contributed by atoms with Crippen LogP contribution in [-0.2, 0) is 32.2 Å². The highest BCUT2D eigenvalue weighted by atomic mass is 16.7. The number of aliphatic hydroxyl groups excluding tert-OH is 1. The molecule has 3 N–H and O–H groups in total. The normalized spacial score (nSPS) is 18.5. The molecule has 1 heterocycles. The van der Waals surface area contributed by atoms with Gasteiger partial charge in [-0.2, -0.15) is 0 Å². The van der Waals surface area contributed by atoms with Gasteiger partial charge in [-0.15, -0.1) is 6.58 Å². The molecule has 0 bridgehead atoms. The lowest BCUT2D eigenvalue weighted by molar-refractivity contribution is -0.252. The van der Waals surface area contributed by atoms with E-state index in [1.807, 2.05) is 79.9 Å². The minimum Gasteiger partial charge on any atom is -0.481 e. The van der Waals surface area contributed by atoms with Crippen molar-refractivity contribution in [2.75, 3.05) is 20.1 Å². The molecule has 222 valence electrons. The first-order valence-electron chi connectivity index (χ1n) is 14.3. The third-order valence-electron chi connectivity index (χ3n) is 7.27. The predicted molar refractivity (Wildman–Crippen MR) is 161 cm³/mol. The summed E-state index contributed by atoms with van der Waals surface area (Å²) < 4.78 is 13.0. The Balaban J connectivity index is 1.49. The lowest BCUT2D eigenvalue weighted by atomic mass is 9.98. The number of carbonyl (C=O) groups is 2. The number of hydrogen-bond donors (Lipinski definition) is 3. The number of carboxylic acid groups (broad SMARTS) is 1. The van der Waals surface area contributed by atoms with E-state index in [1.165, 1.54) is 0 Å². The number of aliphatic carboxylic acids is 1. The van der Waals surface area contributed by atoms with E-state index in [9.17, 15) is 14.7 Å². The van der Waals surface area contributed by atoms with Crippen LogP contribution >= 0.6 is 0 Å².